The van der Waals surface area contributed by atoms with Gasteiger partial charge in [-0.1, -0.05) is 18.2 Å². The number of aromatic carboxylic acids is 1. The van der Waals surface area contributed by atoms with E-state index in [1.54, 1.807) is 7.11 Å². The van der Waals surface area contributed by atoms with Crippen LogP contribution in [0.25, 0.3) is 0 Å². The minimum atomic E-state index is -1.06. The second-order valence-corrected chi connectivity index (χ2v) is 6.28. The maximum atomic E-state index is 12.2. The van der Waals surface area contributed by atoms with Crippen LogP contribution in [0, 0.1) is 5.92 Å². The fourth-order valence-electron chi connectivity index (χ4n) is 2.59. The van der Waals surface area contributed by atoms with E-state index < -0.39 is 5.97 Å². The minimum absolute atomic E-state index is 0.0116. The van der Waals surface area contributed by atoms with Crippen LogP contribution in [-0.2, 0) is 11.3 Å². The Morgan fingerprint density at radius 2 is 2.22 bits per heavy atom. The van der Waals surface area contributed by atoms with E-state index in [0.29, 0.717) is 5.01 Å². The first-order valence-corrected chi connectivity index (χ1v) is 8.06. The summed E-state index contributed by atoms with van der Waals surface area (Å²) in [5.41, 5.74) is 1.06. The fraction of sp³-hybridized carbons (Fsp3) is 0.312. The molecule has 1 aromatic carbocycles. The normalized spacial score (nSPS) is 19.2. The Balaban J connectivity index is 1.57. The molecule has 0 unspecified atom stereocenters. The number of benzene rings is 1. The van der Waals surface area contributed by atoms with E-state index >= 15 is 0 Å². The Bertz CT molecular complexity index is 743. The summed E-state index contributed by atoms with van der Waals surface area (Å²) in [6.45, 7) is 0.256. The number of carbonyl (C=O) groups is 2. The summed E-state index contributed by atoms with van der Waals surface area (Å²) >= 11 is 1.23. The number of carbonyl (C=O) groups excluding carboxylic acids is 1. The van der Waals surface area contributed by atoms with Crippen molar-refractivity contribution in [1.29, 1.82) is 0 Å². The molecule has 0 radical (unpaired) electrons. The van der Waals surface area contributed by atoms with E-state index in [1.807, 2.05) is 24.3 Å². The van der Waals surface area contributed by atoms with Gasteiger partial charge in [0.15, 0.2) is 5.69 Å². The van der Waals surface area contributed by atoms with Crippen LogP contribution < -0.4 is 10.1 Å². The summed E-state index contributed by atoms with van der Waals surface area (Å²) in [6, 6.07) is 7.72. The molecule has 0 saturated heterocycles. The lowest BCUT2D eigenvalue weighted by molar-refractivity contribution is -0.122. The number of rotatable bonds is 6. The van der Waals surface area contributed by atoms with E-state index in [2.05, 4.69) is 10.3 Å². The van der Waals surface area contributed by atoms with Gasteiger partial charge in [0.05, 0.1) is 13.7 Å². The minimum Gasteiger partial charge on any atom is -0.496 e. The lowest BCUT2D eigenvalue weighted by atomic mass is 10.1. The van der Waals surface area contributed by atoms with Crippen molar-refractivity contribution in [2.75, 3.05) is 7.11 Å². The van der Waals surface area contributed by atoms with Crippen LogP contribution in [0.4, 0.5) is 0 Å². The van der Waals surface area contributed by atoms with Gasteiger partial charge < -0.3 is 15.2 Å². The van der Waals surface area contributed by atoms with E-state index in [0.717, 1.165) is 17.7 Å². The van der Waals surface area contributed by atoms with Gasteiger partial charge in [-0.15, -0.1) is 11.3 Å². The molecule has 120 valence electrons. The van der Waals surface area contributed by atoms with Crippen molar-refractivity contribution >= 4 is 23.2 Å². The van der Waals surface area contributed by atoms with Gasteiger partial charge in [0.2, 0.25) is 5.91 Å². The predicted octanol–water partition coefficient (Wildman–Crippen LogP) is 2.27. The summed E-state index contributed by atoms with van der Waals surface area (Å²) in [6.07, 6.45) is 0.796. The molecule has 6 nitrogen and oxygen atoms in total. The predicted molar refractivity (Wildman–Crippen MR) is 84.8 cm³/mol. The van der Waals surface area contributed by atoms with Crippen LogP contribution in [0.2, 0.25) is 0 Å². The van der Waals surface area contributed by atoms with Crippen molar-refractivity contribution in [3.8, 4) is 5.75 Å². The highest BCUT2D eigenvalue weighted by molar-refractivity contribution is 7.09. The fourth-order valence-corrected chi connectivity index (χ4v) is 3.29. The van der Waals surface area contributed by atoms with Crippen LogP contribution in [0.15, 0.2) is 29.6 Å². The van der Waals surface area contributed by atoms with Crippen molar-refractivity contribution in [3.05, 3.63) is 45.9 Å². The molecule has 1 amide bonds. The highest BCUT2D eigenvalue weighted by atomic mass is 32.1. The average Bonchev–Trinajstić information content (AvgIpc) is 3.21. The largest absolute Gasteiger partial charge is 0.496 e. The molecule has 23 heavy (non-hydrogen) atoms. The summed E-state index contributed by atoms with van der Waals surface area (Å²) in [5, 5.41) is 13.7. The number of carboxylic acids is 1. The zero-order valence-electron chi connectivity index (χ0n) is 12.5. The third-order valence-corrected chi connectivity index (χ3v) is 4.70. The number of thiazole rings is 1. The van der Waals surface area contributed by atoms with Crippen LogP contribution in [0.1, 0.15) is 33.4 Å². The SMILES string of the molecule is COc1ccccc1[C@H]1C[C@@H]1C(=O)NCc1nc(C(=O)O)cs1. The zero-order chi connectivity index (χ0) is 16.4. The van der Waals surface area contributed by atoms with Gasteiger partial charge in [0.25, 0.3) is 0 Å². The molecule has 2 aromatic rings. The number of carboxylic acid groups (broad SMARTS) is 1. The molecule has 0 spiro atoms. The Hall–Kier alpha value is -2.41. The molecular formula is C16H16N2O4S. The van der Waals surface area contributed by atoms with E-state index in [1.165, 1.54) is 16.7 Å². The van der Waals surface area contributed by atoms with Crippen LogP contribution >= 0.6 is 11.3 Å². The Kier molecular flexibility index (Phi) is 4.29. The molecule has 1 fully saturated rings. The molecule has 1 aromatic heterocycles. The van der Waals surface area contributed by atoms with Crippen LogP contribution in [0.5, 0.6) is 5.75 Å². The van der Waals surface area contributed by atoms with E-state index in [4.69, 9.17) is 9.84 Å². The van der Waals surface area contributed by atoms with Crippen molar-refractivity contribution < 1.29 is 19.4 Å². The molecule has 1 heterocycles. The molecular weight excluding hydrogens is 316 g/mol. The number of methoxy groups -OCH3 is 1. The number of ether oxygens (including phenoxy) is 1. The second-order valence-electron chi connectivity index (χ2n) is 5.34. The maximum absolute atomic E-state index is 12.2. The quantitative estimate of drug-likeness (QED) is 0.847. The van der Waals surface area contributed by atoms with Crippen molar-refractivity contribution in [2.24, 2.45) is 5.92 Å². The van der Waals surface area contributed by atoms with Gasteiger partial charge >= 0.3 is 5.97 Å². The van der Waals surface area contributed by atoms with Gasteiger partial charge in [-0.3, -0.25) is 4.79 Å². The maximum Gasteiger partial charge on any atom is 0.355 e. The monoisotopic (exact) mass is 332 g/mol. The van der Waals surface area contributed by atoms with Crippen molar-refractivity contribution in [1.82, 2.24) is 10.3 Å². The van der Waals surface area contributed by atoms with Crippen LogP contribution in [0.3, 0.4) is 0 Å². The standard InChI is InChI=1S/C16H16N2O4S/c1-22-13-5-3-2-4-9(13)10-6-11(10)15(19)17-7-14-18-12(8-23-14)16(20)21/h2-5,8,10-11H,6-7H2,1H3,(H,17,19)(H,20,21)/t10-,11+/m1/s1. The number of aromatic nitrogens is 1. The third-order valence-electron chi connectivity index (χ3n) is 3.85. The molecule has 1 saturated carbocycles. The van der Waals surface area contributed by atoms with Gasteiger partial charge in [-0.25, -0.2) is 9.78 Å². The van der Waals surface area contributed by atoms with E-state index in [9.17, 15) is 9.59 Å². The topological polar surface area (TPSA) is 88.5 Å². The summed E-state index contributed by atoms with van der Waals surface area (Å²) < 4.78 is 5.33. The van der Waals surface area contributed by atoms with Gasteiger partial charge in [-0.05, 0) is 24.0 Å². The number of nitrogens with one attached hydrogen (secondary N) is 1. The number of hydrogen-bond donors (Lipinski definition) is 2. The molecule has 2 atom stereocenters. The second kappa shape index (κ2) is 6.37. The van der Waals surface area contributed by atoms with E-state index in [-0.39, 0.29) is 30.0 Å². The first-order valence-electron chi connectivity index (χ1n) is 7.18. The van der Waals surface area contributed by atoms with Gasteiger partial charge in [0, 0.05) is 11.3 Å². The number of amides is 1. The van der Waals surface area contributed by atoms with Crippen molar-refractivity contribution in [3.63, 3.8) is 0 Å². The highest BCUT2D eigenvalue weighted by Crippen LogP contribution is 2.50. The van der Waals surface area contributed by atoms with Crippen LogP contribution in [-0.4, -0.2) is 29.1 Å². The average molecular weight is 332 g/mol. The third kappa shape index (κ3) is 3.34. The molecule has 1 aliphatic carbocycles. The number of hydrogen-bond acceptors (Lipinski definition) is 5. The first-order chi connectivity index (χ1) is 11.1. The lowest BCUT2D eigenvalue weighted by Gasteiger charge is -2.07. The Morgan fingerprint density at radius 1 is 1.43 bits per heavy atom. The van der Waals surface area contributed by atoms with Gasteiger partial charge in [-0.2, -0.15) is 0 Å². The number of para-hydroxylation sites is 1. The molecule has 1 aliphatic rings. The Morgan fingerprint density at radius 3 is 2.91 bits per heavy atom. The first kappa shape index (κ1) is 15.5. The highest BCUT2D eigenvalue weighted by Gasteiger charge is 2.45. The molecule has 7 heteroatoms. The summed E-state index contributed by atoms with van der Waals surface area (Å²) in [5.74, 6) is -0.175. The summed E-state index contributed by atoms with van der Waals surface area (Å²) in [4.78, 5) is 26.9. The number of nitrogens with zero attached hydrogens (tertiary/aromatic N) is 1. The molecule has 0 bridgehead atoms. The zero-order valence-corrected chi connectivity index (χ0v) is 13.3. The molecule has 2 N–H and O–H groups in total. The smallest absolute Gasteiger partial charge is 0.355 e. The lowest BCUT2D eigenvalue weighted by Crippen LogP contribution is -2.24. The van der Waals surface area contributed by atoms with Gasteiger partial charge in [0.1, 0.15) is 10.8 Å². The molecule has 3 rings (SSSR count). The molecule has 0 aliphatic heterocycles. The summed E-state index contributed by atoms with van der Waals surface area (Å²) in [7, 11) is 1.62. The Labute approximate surface area is 137 Å². The van der Waals surface area contributed by atoms with Crippen molar-refractivity contribution in [2.45, 2.75) is 18.9 Å².